The highest BCUT2D eigenvalue weighted by atomic mass is 79.9. The molecule has 0 saturated carbocycles. The molecule has 2 aromatic rings. The van der Waals surface area contributed by atoms with Gasteiger partial charge >= 0.3 is 6.01 Å². The Bertz CT molecular complexity index is 474. The molecule has 0 saturated heterocycles. The minimum Gasteiger partial charge on any atom is -0.423 e. The van der Waals surface area contributed by atoms with Crippen LogP contribution in [-0.2, 0) is 0 Å². The average Bonchev–Trinajstić information content (AvgIpc) is 2.22. The molecule has 0 aliphatic rings. The number of para-hydroxylation sites is 1. The Labute approximate surface area is 96.3 Å². The van der Waals surface area contributed by atoms with Crippen LogP contribution in [0.2, 0.25) is 0 Å². The Morgan fingerprint density at radius 2 is 2.00 bits per heavy atom. The Hall–Kier alpha value is -1.42. The number of aryl methyl sites for hydroxylation is 1. The van der Waals surface area contributed by atoms with Crippen LogP contribution in [-0.4, -0.2) is 9.97 Å². The zero-order chi connectivity index (χ0) is 10.7. The highest BCUT2D eigenvalue weighted by Crippen LogP contribution is 2.27. The SMILES string of the molecule is Cc1ccnc(Oc2ccccc2Br)n1. The Morgan fingerprint density at radius 3 is 2.73 bits per heavy atom. The highest BCUT2D eigenvalue weighted by Gasteiger charge is 2.03. The molecule has 1 aromatic carbocycles. The number of ether oxygens (including phenoxy) is 1. The fraction of sp³-hybridized carbons (Fsp3) is 0.0909. The van der Waals surface area contributed by atoms with Crippen molar-refractivity contribution in [2.45, 2.75) is 6.92 Å². The van der Waals surface area contributed by atoms with E-state index in [0.717, 1.165) is 10.2 Å². The molecule has 0 aliphatic carbocycles. The van der Waals surface area contributed by atoms with Crippen LogP contribution in [0.3, 0.4) is 0 Å². The molecule has 0 unspecified atom stereocenters. The van der Waals surface area contributed by atoms with E-state index >= 15 is 0 Å². The molecule has 0 N–H and O–H groups in total. The van der Waals surface area contributed by atoms with Crippen molar-refractivity contribution in [1.29, 1.82) is 0 Å². The van der Waals surface area contributed by atoms with Crippen molar-refractivity contribution in [3.63, 3.8) is 0 Å². The van der Waals surface area contributed by atoms with E-state index in [0.29, 0.717) is 11.8 Å². The molecule has 0 bridgehead atoms. The molecule has 2 rings (SSSR count). The van der Waals surface area contributed by atoms with E-state index in [-0.39, 0.29) is 0 Å². The van der Waals surface area contributed by atoms with Crippen LogP contribution in [0.4, 0.5) is 0 Å². The van der Waals surface area contributed by atoms with Gasteiger partial charge in [0.05, 0.1) is 4.47 Å². The number of aromatic nitrogens is 2. The van der Waals surface area contributed by atoms with E-state index in [2.05, 4.69) is 25.9 Å². The molecule has 3 nitrogen and oxygen atoms in total. The first-order valence-electron chi connectivity index (χ1n) is 4.48. The number of hydrogen-bond donors (Lipinski definition) is 0. The van der Waals surface area contributed by atoms with Crippen molar-refractivity contribution in [3.8, 4) is 11.8 Å². The third-order valence-corrected chi connectivity index (χ3v) is 2.47. The van der Waals surface area contributed by atoms with E-state index < -0.39 is 0 Å². The van der Waals surface area contributed by atoms with Crippen molar-refractivity contribution < 1.29 is 4.74 Å². The molecule has 15 heavy (non-hydrogen) atoms. The lowest BCUT2D eigenvalue weighted by atomic mass is 10.3. The Kier molecular flexibility index (Phi) is 2.97. The van der Waals surface area contributed by atoms with Gasteiger partial charge in [-0.3, -0.25) is 0 Å². The monoisotopic (exact) mass is 264 g/mol. The van der Waals surface area contributed by atoms with E-state index in [1.807, 2.05) is 37.3 Å². The minimum atomic E-state index is 0.363. The van der Waals surface area contributed by atoms with Crippen molar-refractivity contribution in [2.75, 3.05) is 0 Å². The Balaban J connectivity index is 2.26. The lowest BCUT2D eigenvalue weighted by molar-refractivity contribution is 0.438. The van der Waals surface area contributed by atoms with Crippen LogP contribution >= 0.6 is 15.9 Å². The fourth-order valence-electron chi connectivity index (χ4n) is 1.10. The molecule has 1 aromatic heterocycles. The maximum atomic E-state index is 5.52. The van der Waals surface area contributed by atoms with Gasteiger partial charge in [0.25, 0.3) is 0 Å². The maximum absolute atomic E-state index is 5.52. The van der Waals surface area contributed by atoms with Crippen molar-refractivity contribution in [3.05, 3.63) is 46.7 Å². The Morgan fingerprint density at radius 1 is 1.20 bits per heavy atom. The van der Waals surface area contributed by atoms with Gasteiger partial charge < -0.3 is 4.74 Å². The largest absolute Gasteiger partial charge is 0.423 e. The van der Waals surface area contributed by atoms with Gasteiger partial charge in [-0.25, -0.2) is 9.97 Å². The summed E-state index contributed by atoms with van der Waals surface area (Å²) in [5, 5.41) is 0. The number of benzene rings is 1. The van der Waals surface area contributed by atoms with E-state index in [1.54, 1.807) is 6.20 Å². The van der Waals surface area contributed by atoms with Crippen LogP contribution in [0.25, 0.3) is 0 Å². The number of hydrogen-bond acceptors (Lipinski definition) is 3. The summed E-state index contributed by atoms with van der Waals surface area (Å²) < 4.78 is 6.41. The lowest BCUT2D eigenvalue weighted by Crippen LogP contribution is -1.93. The second-order valence-electron chi connectivity index (χ2n) is 3.01. The van der Waals surface area contributed by atoms with Gasteiger partial charge in [0, 0.05) is 11.9 Å². The van der Waals surface area contributed by atoms with Gasteiger partial charge in [0.2, 0.25) is 0 Å². The van der Waals surface area contributed by atoms with Crippen LogP contribution in [0.15, 0.2) is 41.0 Å². The molecular weight excluding hydrogens is 256 g/mol. The van der Waals surface area contributed by atoms with Gasteiger partial charge in [-0.05, 0) is 41.1 Å². The summed E-state index contributed by atoms with van der Waals surface area (Å²) in [6.07, 6.45) is 1.68. The molecule has 0 aliphatic heterocycles. The molecule has 0 spiro atoms. The number of halogens is 1. The smallest absolute Gasteiger partial charge is 0.322 e. The van der Waals surface area contributed by atoms with Crippen LogP contribution in [0, 0.1) is 6.92 Å². The topological polar surface area (TPSA) is 35.0 Å². The molecule has 76 valence electrons. The second-order valence-corrected chi connectivity index (χ2v) is 3.87. The second kappa shape index (κ2) is 4.40. The van der Waals surface area contributed by atoms with Crippen molar-refractivity contribution >= 4 is 15.9 Å². The summed E-state index contributed by atoms with van der Waals surface area (Å²) >= 11 is 3.39. The lowest BCUT2D eigenvalue weighted by Gasteiger charge is -2.05. The first-order chi connectivity index (χ1) is 7.25. The average molecular weight is 265 g/mol. The van der Waals surface area contributed by atoms with Gasteiger partial charge in [0.15, 0.2) is 0 Å². The third kappa shape index (κ3) is 2.53. The van der Waals surface area contributed by atoms with E-state index in [4.69, 9.17) is 4.74 Å². The van der Waals surface area contributed by atoms with Crippen LogP contribution in [0.1, 0.15) is 5.69 Å². The quantitative estimate of drug-likeness (QED) is 0.835. The number of rotatable bonds is 2. The molecule has 0 atom stereocenters. The van der Waals surface area contributed by atoms with Gasteiger partial charge in [-0.15, -0.1) is 0 Å². The standard InChI is InChI=1S/C11H9BrN2O/c1-8-6-7-13-11(14-8)15-10-5-3-2-4-9(10)12/h2-7H,1H3. The van der Waals surface area contributed by atoms with E-state index in [1.165, 1.54) is 0 Å². The zero-order valence-corrected chi connectivity index (χ0v) is 9.73. The van der Waals surface area contributed by atoms with Gasteiger partial charge in [0.1, 0.15) is 5.75 Å². The van der Waals surface area contributed by atoms with Crippen molar-refractivity contribution in [1.82, 2.24) is 9.97 Å². The molecule has 0 amide bonds. The minimum absolute atomic E-state index is 0.363. The predicted molar refractivity (Wildman–Crippen MR) is 61.0 cm³/mol. The number of nitrogens with zero attached hydrogens (tertiary/aromatic N) is 2. The summed E-state index contributed by atoms with van der Waals surface area (Å²) in [6.45, 7) is 1.90. The first kappa shape index (κ1) is 10.1. The zero-order valence-electron chi connectivity index (χ0n) is 8.14. The molecule has 0 fully saturated rings. The predicted octanol–water partition coefficient (Wildman–Crippen LogP) is 3.34. The molecular formula is C11H9BrN2O. The molecule has 4 heteroatoms. The summed E-state index contributed by atoms with van der Waals surface area (Å²) in [5.74, 6) is 0.711. The van der Waals surface area contributed by atoms with Crippen LogP contribution < -0.4 is 4.74 Å². The van der Waals surface area contributed by atoms with Gasteiger partial charge in [-0.2, -0.15) is 0 Å². The van der Waals surface area contributed by atoms with Gasteiger partial charge in [-0.1, -0.05) is 12.1 Å². The molecule has 0 radical (unpaired) electrons. The summed E-state index contributed by atoms with van der Waals surface area (Å²) in [7, 11) is 0. The molecule has 1 heterocycles. The van der Waals surface area contributed by atoms with Crippen molar-refractivity contribution in [2.24, 2.45) is 0 Å². The highest BCUT2D eigenvalue weighted by molar-refractivity contribution is 9.10. The first-order valence-corrected chi connectivity index (χ1v) is 5.27. The van der Waals surface area contributed by atoms with E-state index in [9.17, 15) is 0 Å². The fourth-order valence-corrected chi connectivity index (χ4v) is 1.47. The normalized spacial score (nSPS) is 10.0. The maximum Gasteiger partial charge on any atom is 0.322 e. The summed E-state index contributed by atoms with van der Waals surface area (Å²) in [6, 6.07) is 9.78. The van der Waals surface area contributed by atoms with Crippen LogP contribution in [0.5, 0.6) is 11.8 Å². The third-order valence-electron chi connectivity index (χ3n) is 1.81. The summed E-state index contributed by atoms with van der Waals surface area (Å²) in [4.78, 5) is 8.18. The summed E-state index contributed by atoms with van der Waals surface area (Å²) in [5.41, 5.74) is 0.882.